The van der Waals surface area contributed by atoms with Gasteiger partial charge in [0.05, 0.1) is 24.9 Å². The molecule has 2 aliphatic heterocycles. The molecule has 2 fully saturated rings. The molecule has 0 saturated carbocycles. The lowest BCUT2D eigenvalue weighted by Crippen LogP contribution is -2.41. The topological polar surface area (TPSA) is 47.5 Å². The van der Waals surface area contributed by atoms with Gasteiger partial charge in [0.1, 0.15) is 11.1 Å². The maximum absolute atomic E-state index is 6.22. The molecule has 6 heteroatoms. The molecule has 0 amide bonds. The summed E-state index contributed by atoms with van der Waals surface area (Å²) in [5.74, 6) is 0. The first-order chi connectivity index (χ1) is 11.8. The molecule has 0 aliphatic carbocycles. The van der Waals surface area contributed by atoms with E-state index < -0.39 is 0 Å². The van der Waals surface area contributed by atoms with Gasteiger partial charge in [-0.2, -0.15) is 0 Å². The Morgan fingerprint density at radius 3 is 3.21 bits per heavy atom. The number of hydrogen-bond donors (Lipinski definition) is 0. The number of likely N-dealkylation sites (tertiary alicyclic amines) is 1. The highest BCUT2D eigenvalue weighted by Crippen LogP contribution is 2.32. The van der Waals surface area contributed by atoms with Crippen molar-refractivity contribution in [2.24, 2.45) is 0 Å². The van der Waals surface area contributed by atoms with Crippen molar-refractivity contribution in [3.8, 4) is 0 Å². The normalized spacial score (nSPS) is 27.3. The van der Waals surface area contributed by atoms with Crippen LogP contribution in [0.25, 0.3) is 0 Å². The fourth-order valence-electron chi connectivity index (χ4n) is 3.71. The van der Waals surface area contributed by atoms with Gasteiger partial charge in [0.15, 0.2) is 0 Å². The Hall–Kier alpha value is -1.34. The maximum Gasteiger partial charge on any atom is 0.107 e. The van der Waals surface area contributed by atoms with Gasteiger partial charge in [0, 0.05) is 36.5 Å². The summed E-state index contributed by atoms with van der Waals surface area (Å²) >= 11 is 1.72. The first-order valence-corrected chi connectivity index (χ1v) is 9.46. The molecule has 0 unspecified atom stereocenters. The molecule has 3 atom stereocenters. The predicted octanol–water partition coefficient (Wildman–Crippen LogP) is 2.80. The van der Waals surface area contributed by atoms with Crippen molar-refractivity contribution in [1.29, 1.82) is 0 Å². The average molecular weight is 345 g/mol. The van der Waals surface area contributed by atoms with Crippen molar-refractivity contribution in [2.45, 2.75) is 51.2 Å². The third-order valence-corrected chi connectivity index (χ3v) is 5.56. The van der Waals surface area contributed by atoms with E-state index in [1.165, 1.54) is 11.4 Å². The van der Waals surface area contributed by atoms with Crippen LogP contribution in [0.15, 0.2) is 29.8 Å². The average Bonchev–Trinajstić information content (AvgIpc) is 3.22. The predicted molar refractivity (Wildman–Crippen MR) is 92.8 cm³/mol. The maximum atomic E-state index is 6.22. The number of pyridine rings is 1. The Bertz CT molecular complexity index is 664. The highest BCUT2D eigenvalue weighted by molar-refractivity contribution is 7.09. The summed E-state index contributed by atoms with van der Waals surface area (Å²) in [6.07, 6.45) is 4.46. The summed E-state index contributed by atoms with van der Waals surface area (Å²) in [6, 6.07) is 6.51. The van der Waals surface area contributed by atoms with Gasteiger partial charge in [-0.25, -0.2) is 4.98 Å². The summed E-state index contributed by atoms with van der Waals surface area (Å²) in [5, 5.41) is 3.21. The number of fused-ring (bicyclic) bond motifs is 1. The van der Waals surface area contributed by atoms with E-state index in [2.05, 4.69) is 14.9 Å². The lowest BCUT2D eigenvalue weighted by atomic mass is 10.0. The number of rotatable bonds is 5. The molecule has 5 nitrogen and oxygen atoms in total. The van der Waals surface area contributed by atoms with Crippen LogP contribution in [-0.2, 0) is 22.6 Å². The summed E-state index contributed by atoms with van der Waals surface area (Å²) in [5.41, 5.74) is 2.01. The zero-order chi connectivity index (χ0) is 16.4. The van der Waals surface area contributed by atoms with Crippen molar-refractivity contribution in [2.75, 3.05) is 13.2 Å². The SMILES string of the molecule is Cc1cccc(CO[C@@H]2CN(Cc3nccs3)[C@@H]3CCCO[C@@H]32)n1. The minimum absolute atomic E-state index is 0.109. The van der Waals surface area contributed by atoms with Crippen molar-refractivity contribution in [1.82, 2.24) is 14.9 Å². The highest BCUT2D eigenvalue weighted by atomic mass is 32.1. The Morgan fingerprint density at radius 2 is 2.38 bits per heavy atom. The van der Waals surface area contributed by atoms with E-state index in [0.29, 0.717) is 12.6 Å². The Balaban J connectivity index is 1.42. The van der Waals surface area contributed by atoms with Gasteiger partial charge in [-0.15, -0.1) is 11.3 Å². The van der Waals surface area contributed by atoms with Crippen LogP contribution in [0.1, 0.15) is 29.2 Å². The molecule has 0 spiro atoms. The molecular formula is C18H23N3O2S. The van der Waals surface area contributed by atoms with Crippen molar-refractivity contribution < 1.29 is 9.47 Å². The zero-order valence-electron chi connectivity index (χ0n) is 13.9. The minimum Gasteiger partial charge on any atom is -0.374 e. The minimum atomic E-state index is 0.109. The van der Waals surface area contributed by atoms with Crippen molar-refractivity contribution >= 4 is 11.3 Å². The van der Waals surface area contributed by atoms with E-state index in [9.17, 15) is 0 Å². The molecule has 2 aliphatic rings. The van der Waals surface area contributed by atoms with Gasteiger partial charge in [0.25, 0.3) is 0 Å². The van der Waals surface area contributed by atoms with E-state index >= 15 is 0 Å². The second-order valence-corrected chi connectivity index (χ2v) is 7.50. The highest BCUT2D eigenvalue weighted by Gasteiger charge is 2.44. The fraction of sp³-hybridized carbons (Fsp3) is 0.556. The van der Waals surface area contributed by atoms with Crippen LogP contribution in [-0.4, -0.2) is 46.3 Å². The zero-order valence-corrected chi connectivity index (χ0v) is 14.7. The smallest absolute Gasteiger partial charge is 0.107 e. The van der Waals surface area contributed by atoms with Crippen LogP contribution in [0, 0.1) is 6.92 Å². The van der Waals surface area contributed by atoms with Crippen LogP contribution < -0.4 is 0 Å². The molecule has 2 aromatic rings. The first kappa shape index (κ1) is 16.1. The molecule has 0 N–H and O–H groups in total. The first-order valence-electron chi connectivity index (χ1n) is 8.58. The van der Waals surface area contributed by atoms with Crippen LogP contribution in [0.5, 0.6) is 0 Å². The largest absolute Gasteiger partial charge is 0.374 e. The Morgan fingerprint density at radius 1 is 1.42 bits per heavy atom. The molecule has 4 heterocycles. The number of ether oxygens (including phenoxy) is 2. The monoisotopic (exact) mass is 345 g/mol. The summed E-state index contributed by atoms with van der Waals surface area (Å²) in [6.45, 7) is 5.19. The van der Waals surface area contributed by atoms with E-state index in [1.54, 1.807) is 11.3 Å². The molecule has 0 aromatic carbocycles. The van der Waals surface area contributed by atoms with Crippen LogP contribution >= 0.6 is 11.3 Å². The summed E-state index contributed by atoms with van der Waals surface area (Å²) in [4.78, 5) is 11.4. The van der Waals surface area contributed by atoms with E-state index in [-0.39, 0.29) is 12.2 Å². The quantitative estimate of drug-likeness (QED) is 0.834. The van der Waals surface area contributed by atoms with Crippen molar-refractivity contribution in [3.05, 3.63) is 46.2 Å². The fourth-order valence-corrected chi connectivity index (χ4v) is 4.35. The van der Waals surface area contributed by atoms with Gasteiger partial charge in [-0.1, -0.05) is 6.07 Å². The molecule has 0 bridgehead atoms. The lowest BCUT2D eigenvalue weighted by molar-refractivity contribution is -0.0824. The molecule has 0 radical (unpaired) electrons. The standard InChI is InChI=1S/C18H23N3O2S/c1-13-4-2-5-14(20-13)12-23-16-10-21(11-17-19-7-9-24-17)15-6-3-8-22-18(15)16/h2,4-5,7,9,15-16,18H,3,6,8,10-12H2,1H3/t15-,16-,18+/m1/s1. The number of nitrogens with zero attached hydrogens (tertiary/aromatic N) is 3. The van der Waals surface area contributed by atoms with Gasteiger partial charge in [-0.05, 0) is 31.9 Å². The van der Waals surface area contributed by atoms with Gasteiger partial charge in [0.2, 0.25) is 0 Å². The molecular weight excluding hydrogens is 322 g/mol. The number of thiazole rings is 1. The van der Waals surface area contributed by atoms with E-state index in [1.807, 2.05) is 36.7 Å². The summed E-state index contributed by atoms with van der Waals surface area (Å²) < 4.78 is 12.3. The van der Waals surface area contributed by atoms with Crippen molar-refractivity contribution in [3.63, 3.8) is 0 Å². The molecule has 4 rings (SSSR count). The van der Waals surface area contributed by atoms with Gasteiger partial charge < -0.3 is 9.47 Å². The van der Waals surface area contributed by atoms with E-state index in [0.717, 1.165) is 37.5 Å². The van der Waals surface area contributed by atoms with Crippen LogP contribution in [0.4, 0.5) is 0 Å². The van der Waals surface area contributed by atoms with Gasteiger partial charge in [-0.3, -0.25) is 9.88 Å². The van der Waals surface area contributed by atoms with Crippen LogP contribution in [0.2, 0.25) is 0 Å². The van der Waals surface area contributed by atoms with Gasteiger partial charge >= 0.3 is 0 Å². The Labute approximate surface area is 146 Å². The molecule has 128 valence electrons. The third-order valence-electron chi connectivity index (χ3n) is 4.80. The number of hydrogen-bond acceptors (Lipinski definition) is 6. The second-order valence-electron chi connectivity index (χ2n) is 6.52. The second kappa shape index (κ2) is 7.27. The number of aromatic nitrogens is 2. The van der Waals surface area contributed by atoms with E-state index in [4.69, 9.17) is 9.47 Å². The lowest BCUT2D eigenvalue weighted by Gasteiger charge is -2.32. The summed E-state index contributed by atoms with van der Waals surface area (Å²) in [7, 11) is 0. The molecule has 24 heavy (non-hydrogen) atoms. The number of aryl methyl sites for hydroxylation is 1. The van der Waals surface area contributed by atoms with Crippen LogP contribution in [0.3, 0.4) is 0 Å². The molecule has 2 aromatic heterocycles. The Kier molecular flexibility index (Phi) is 4.89. The molecule has 2 saturated heterocycles. The third kappa shape index (κ3) is 3.52.